The Morgan fingerprint density at radius 2 is 1.89 bits per heavy atom. The van der Waals surface area contributed by atoms with Crippen LogP contribution in [0.4, 0.5) is 11.4 Å². The van der Waals surface area contributed by atoms with E-state index in [1.807, 2.05) is 62.4 Å². The molecule has 9 heteroatoms. The fraction of sp³-hybridized carbons (Fsp3) is 0.444. The van der Waals surface area contributed by atoms with E-state index in [2.05, 4.69) is 26.6 Å². The van der Waals surface area contributed by atoms with Crippen molar-refractivity contribution in [2.75, 3.05) is 17.2 Å². The first-order chi connectivity index (χ1) is 17.2. The molecule has 3 N–H and O–H groups in total. The van der Waals surface area contributed by atoms with Gasteiger partial charge in [0.1, 0.15) is 6.04 Å². The molecule has 190 valence electrons. The molecule has 3 fully saturated rings. The van der Waals surface area contributed by atoms with E-state index in [0.29, 0.717) is 17.8 Å². The maximum absolute atomic E-state index is 14.0. The second kappa shape index (κ2) is 9.50. The van der Waals surface area contributed by atoms with Crippen molar-refractivity contribution in [1.82, 2.24) is 4.90 Å². The third kappa shape index (κ3) is 3.96. The van der Waals surface area contributed by atoms with Crippen LogP contribution >= 0.6 is 27.7 Å². The zero-order chi connectivity index (χ0) is 25.8. The average Bonchev–Trinajstić information content (AvgIpc) is 3.45. The predicted octanol–water partition coefficient (Wildman–Crippen LogP) is 3.73. The van der Waals surface area contributed by atoms with Gasteiger partial charge in [0, 0.05) is 21.5 Å². The summed E-state index contributed by atoms with van der Waals surface area (Å²) in [4.78, 5) is 43.0. The maximum Gasteiger partial charge on any atom is 0.248 e. The predicted molar refractivity (Wildman–Crippen MR) is 145 cm³/mol. The Kier molecular flexibility index (Phi) is 6.68. The zero-order valence-electron chi connectivity index (χ0n) is 20.4. The van der Waals surface area contributed by atoms with Crippen LogP contribution in [-0.4, -0.2) is 61.2 Å². The number of rotatable bonds is 6. The molecule has 2 aromatic carbocycles. The third-order valence-corrected chi connectivity index (χ3v) is 10.9. The van der Waals surface area contributed by atoms with Gasteiger partial charge >= 0.3 is 0 Å². The van der Waals surface area contributed by atoms with Crippen LogP contribution in [0.1, 0.15) is 24.5 Å². The molecule has 3 unspecified atom stereocenters. The fourth-order valence-corrected chi connectivity index (χ4v) is 9.65. The van der Waals surface area contributed by atoms with Gasteiger partial charge in [0.05, 0.1) is 29.2 Å². The molecule has 36 heavy (non-hydrogen) atoms. The highest BCUT2D eigenvalue weighted by Gasteiger charge is 2.76. The van der Waals surface area contributed by atoms with Crippen LogP contribution in [-0.2, 0) is 14.4 Å². The van der Waals surface area contributed by atoms with Crippen LogP contribution in [0, 0.1) is 25.7 Å². The first kappa shape index (κ1) is 25.3. The summed E-state index contributed by atoms with van der Waals surface area (Å²) < 4.78 is -0.764. The monoisotopic (exact) mass is 571 g/mol. The van der Waals surface area contributed by atoms with Gasteiger partial charge in [0.25, 0.3) is 0 Å². The number of nitrogens with zero attached hydrogens (tertiary/aromatic N) is 1. The number of carbonyl (C=O) groups excluding carboxylic acids is 3. The molecule has 0 aliphatic carbocycles. The number of anilines is 2. The van der Waals surface area contributed by atoms with Crippen molar-refractivity contribution < 1.29 is 19.5 Å². The molecule has 3 aliphatic rings. The molecule has 5 rings (SSSR count). The Bertz CT molecular complexity index is 1210. The zero-order valence-corrected chi connectivity index (χ0v) is 22.8. The normalized spacial score (nSPS) is 31.3. The van der Waals surface area contributed by atoms with E-state index in [4.69, 9.17) is 0 Å². The van der Waals surface area contributed by atoms with E-state index in [1.54, 1.807) is 18.7 Å². The van der Waals surface area contributed by atoms with Crippen molar-refractivity contribution in [2.45, 2.75) is 54.1 Å². The summed E-state index contributed by atoms with van der Waals surface area (Å²) in [5.74, 6) is -1.96. The van der Waals surface area contributed by atoms with Crippen molar-refractivity contribution in [3.8, 4) is 0 Å². The van der Waals surface area contributed by atoms with Crippen LogP contribution < -0.4 is 10.6 Å². The molecule has 3 saturated heterocycles. The number of amides is 3. The van der Waals surface area contributed by atoms with E-state index >= 15 is 0 Å². The summed E-state index contributed by atoms with van der Waals surface area (Å²) in [6, 6.07) is 13.7. The lowest BCUT2D eigenvalue weighted by atomic mass is 9.70. The molecule has 3 amide bonds. The quantitative estimate of drug-likeness (QED) is 0.459. The third-order valence-electron chi connectivity index (χ3n) is 7.71. The molecule has 3 heterocycles. The minimum absolute atomic E-state index is 0.0153. The van der Waals surface area contributed by atoms with Gasteiger partial charge in [-0.05, 0) is 56.5 Å². The Balaban J connectivity index is 1.52. The van der Waals surface area contributed by atoms with Gasteiger partial charge in [0.15, 0.2) is 0 Å². The number of likely N-dealkylation sites (tertiary alicyclic amines) is 1. The summed E-state index contributed by atoms with van der Waals surface area (Å²) in [5, 5.41) is 15.9. The van der Waals surface area contributed by atoms with Crippen molar-refractivity contribution in [2.24, 2.45) is 11.8 Å². The molecule has 3 aliphatic heterocycles. The van der Waals surface area contributed by atoms with E-state index in [9.17, 15) is 19.5 Å². The van der Waals surface area contributed by atoms with Crippen LogP contribution in [0.5, 0.6) is 0 Å². The number of hydrogen-bond acceptors (Lipinski definition) is 5. The Labute approximate surface area is 223 Å². The van der Waals surface area contributed by atoms with Gasteiger partial charge in [-0.2, -0.15) is 0 Å². The minimum Gasteiger partial charge on any atom is -0.394 e. The van der Waals surface area contributed by atoms with Crippen LogP contribution in [0.3, 0.4) is 0 Å². The summed E-state index contributed by atoms with van der Waals surface area (Å²) in [7, 11) is 0. The van der Waals surface area contributed by atoms with Crippen molar-refractivity contribution in [3.05, 3.63) is 59.7 Å². The number of para-hydroxylation sites is 1. The van der Waals surface area contributed by atoms with Crippen LogP contribution in [0.2, 0.25) is 0 Å². The van der Waals surface area contributed by atoms with Gasteiger partial charge in [-0.1, -0.05) is 46.3 Å². The number of alkyl halides is 1. The summed E-state index contributed by atoms with van der Waals surface area (Å²) >= 11 is 5.35. The number of benzene rings is 2. The van der Waals surface area contributed by atoms with Crippen LogP contribution in [0.15, 0.2) is 48.5 Å². The smallest absolute Gasteiger partial charge is 0.248 e. The van der Waals surface area contributed by atoms with Gasteiger partial charge in [-0.25, -0.2) is 0 Å². The van der Waals surface area contributed by atoms with Crippen LogP contribution in [0.25, 0.3) is 0 Å². The van der Waals surface area contributed by atoms with E-state index in [1.165, 1.54) is 4.90 Å². The lowest BCUT2D eigenvalue weighted by molar-refractivity contribution is -0.140. The molecule has 1 spiro atoms. The van der Waals surface area contributed by atoms with Gasteiger partial charge in [-0.15, -0.1) is 11.8 Å². The topological polar surface area (TPSA) is 98.7 Å². The lowest BCUT2D eigenvalue weighted by Gasteiger charge is -2.36. The highest BCUT2D eigenvalue weighted by molar-refractivity contribution is 9.09. The number of aliphatic hydroxyl groups is 1. The number of nitrogens with one attached hydrogen (secondary N) is 2. The summed E-state index contributed by atoms with van der Waals surface area (Å²) in [5.41, 5.74) is 3.32. The molecule has 7 atom stereocenters. The standard InChI is InChI=1S/C27H30BrN3O4S/c1-14-9-10-15(2)19(11-14)30-25(34)23-27-12-18(28)22(36-27)20(21(27)26(35)31(23)16(3)13-32)24(33)29-17-7-5-4-6-8-17/h4-11,16,18,20-23,32H,12-13H2,1-3H3,(H,29,33)(H,30,34)/t16-,18?,20-,21+,22-,23?,27?/m1/s1. The SMILES string of the molecule is Cc1ccc(C)c(NC(=O)C2N([C@H](C)CO)C(=O)[C@@H]3[C@@H](C(=O)Nc4ccccc4)[C@@H]4SC23CC4Br)c1. The molecule has 7 nitrogen and oxygen atoms in total. The highest BCUT2D eigenvalue weighted by atomic mass is 79.9. The number of fused-ring (bicyclic) bond motifs is 1. The minimum atomic E-state index is -0.804. The molecule has 0 aromatic heterocycles. The highest BCUT2D eigenvalue weighted by Crippen LogP contribution is 2.68. The Morgan fingerprint density at radius 1 is 1.17 bits per heavy atom. The van der Waals surface area contributed by atoms with E-state index in [-0.39, 0.29) is 34.4 Å². The molecule has 2 aromatic rings. The Hall–Kier alpha value is -2.36. The summed E-state index contributed by atoms with van der Waals surface area (Å²) in [6.45, 7) is 5.37. The van der Waals surface area contributed by atoms with Crippen molar-refractivity contribution in [1.29, 1.82) is 0 Å². The number of hydrogen-bond donors (Lipinski definition) is 3. The average molecular weight is 573 g/mol. The van der Waals surface area contributed by atoms with E-state index in [0.717, 1.165) is 11.1 Å². The molecule has 0 radical (unpaired) electrons. The second-order valence-corrected chi connectivity index (χ2v) is 12.8. The number of halogens is 1. The molecular weight excluding hydrogens is 542 g/mol. The fourth-order valence-electron chi connectivity index (χ4n) is 6.05. The maximum atomic E-state index is 14.0. The first-order valence-electron chi connectivity index (χ1n) is 12.2. The lowest BCUT2D eigenvalue weighted by Crippen LogP contribution is -2.54. The number of thioether (sulfide) groups is 1. The number of aliphatic hydroxyl groups excluding tert-OH is 1. The molecule has 2 bridgehead atoms. The van der Waals surface area contributed by atoms with Crippen molar-refractivity contribution >= 4 is 56.8 Å². The first-order valence-corrected chi connectivity index (χ1v) is 14.0. The van der Waals surface area contributed by atoms with Gasteiger partial charge < -0.3 is 20.6 Å². The second-order valence-electron chi connectivity index (χ2n) is 10.1. The van der Waals surface area contributed by atoms with Crippen molar-refractivity contribution in [3.63, 3.8) is 0 Å². The number of aryl methyl sites for hydroxylation is 2. The van der Waals surface area contributed by atoms with E-state index < -0.39 is 28.7 Å². The Morgan fingerprint density at radius 3 is 2.58 bits per heavy atom. The molecule has 0 saturated carbocycles. The van der Waals surface area contributed by atoms with Gasteiger partial charge in [-0.3, -0.25) is 14.4 Å². The molecular formula is C27H30BrN3O4S. The number of carbonyl (C=O) groups is 3. The van der Waals surface area contributed by atoms with Gasteiger partial charge in [0.2, 0.25) is 17.7 Å². The largest absolute Gasteiger partial charge is 0.394 e. The summed E-state index contributed by atoms with van der Waals surface area (Å²) in [6.07, 6.45) is 0.591.